The molecule has 156 valence electrons. The first-order valence-electron chi connectivity index (χ1n) is 9.73. The molecule has 1 atom stereocenters. The molecule has 1 aliphatic rings. The van der Waals surface area contributed by atoms with Crippen molar-refractivity contribution in [3.63, 3.8) is 0 Å². The Balaban J connectivity index is 1.84. The van der Waals surface area contributed by atoms with Crippen LogP contribution in [0.4, 0.5) is 10.1 Å². The molecule has 0 spiro atoms. The molecular weight excluding hydrogens is 401 g/mol. The quantitative estimate of drug-likeness (QED) is 0.695. The molecule has 1 heterocycles. The number of hydrogen-bond acceptors (Lipinski definition) is 4. The lowest BCUT2D eigenvalue weighted by molar-refractivity contribution is -0.119. The maximum absolute atomic E-state index is 13.4. The topological polar surface area (TPSA) is 61.8 Å². The summed E-state index contributed by atoms with van der Waals surface area (Å²) in [5.74, 6) is -0.390. The van der Waals surface area contributed by atoms with Gasteiger partial charge < -0.3 is 5.32 Å². The van der Waals surface area contributed by atoms with Gasteiger partial charge in [-0.3, -0.25) is 14.5 Å². The zero-order chi connectivity index (χ0) is 21.7. The summed E-state index contributed by atoms with van der Waals surface area (Å²) in [5.41, 5.74) is 1.61. The average Bonchev–Trinajstić information content (AvgIpc) is 3.03. The number of benzene rings is 2. The zero-order valence-corrected chi connectivity index (χ0v) is 17.9. The standard InChI is InChI=1S/C23H24FN3O2S/c1-15(2)16(3)25-21(28)14-30-23-26-20(13-17-7-5-4-6-8-17)22(29)27(23)19-11-9-18(24)10-12-19/h4-13,15-16H,14H2,1-3H3,(H,25,28)/b20-13-. The van der Waals surface area contributed by atoms with Gasteiger partial charge in [0, 0.05) is 6.04 Å². The zero-order valence-electron chi connectivity index (χ0n) is 17.1. The van der Waals surface area contributed by atoms with E-state index in [2.05, 4.69) is 10.3 Å². The monoisotopic (exact) mass is 425 g/mol. The number of halogens is 1. The van der Waals surface area contributed by atoms with E-state index in [-0.39, 0.29) is 29.3 Å². The molecule has 5 nitrogen and oxygen atoms in total. The van der Waals surface area contributed by atoms with Crippen LogP contribution in [0.15, 0.2) is 65.3 Å². The van der Waals surface area contributed by atoms with E-state index in [1.807, 2.05) is 51.1 Å². The minimum Gasteiger partial charge on any atom is -0.353 e. The van der Waals surface area contributed by atoms with Crippen LogP contribution in [0, 0.1) is 11.7 Å². The Bertz CT molecular complexity index is 972. The minimum atomic E-state index is -0.390. The third-order valence-corrected chi connectivity index (χ3v) is 5.68. The summed E-state index contributed by atoms with van der Waals surface area (Å²) < 4.78 is 13.4. The smallest absolute Gasteiger partial charge is 0.283 e. The lowest BCUT2D eigenvalue weighted by Crippen LogP contribution is -2.38. The lowest BCUT2D eigenvalue weighted by Gasteiger charge is -2.19. The maximum Gasteiger partial charge on any atom is 0.283 e. The normalized spacial score (nSPS) is 16.2. The van der Waals surface area contributed by atoms with Crippen LogP contribution in [0.5, 0.6) is 0 Å². The van der Waals surface area contributed by atoms with Crippen LogP contribution < -0.4 is 10.2 Å². The number of thioether (sulfide) groups is 1. The molecule has 2 amide bonds. The highest BCUT2D eigenvalue weighted by molar-refractivity contribution is 8.14. The number of rotatable bonds is 6. The predicted molar refractivity (Wildman–Crippen MR) is 121 cm³/mol. The second-order valence-electron chi connectivity index (χ2n) is 7.34. The number of amides is 2. The van der Waals surface area contributed by atoms with Crippen molar-refractivity contribution in [2.24, 2.45) is 10.9 Å². The molecule has 1 aliphatic heterocycles. The highest BCUT2D eigenvalue weighted by Gasteiger charge is 2.32. The number of nitrogens with one attached hydrogen (secondary N) is 1. The second-order valence-corrected chi connectivity index (χ2v) is 8.28. The fourth-order valence-corrected chi connectivity index (χ4v) is 3.53. The van der Waals surface area contributed by atoms with E-state index in [1.54, 1.807) is 6.08 Å². The van der Waals surface area contributed by atoms with Crippen LogP contribution in [-0.2, 0) is 9.59 Å². The molecular formula is C23H24FN3O2S. The van der Waals surface area contributed by atoms with E-state index in [4.69, 9.17) is 0 Å². The van der Waals surface area contributed by atoms with Crippen molar-refractivity contribution in [1.82, 2.24) is 5.32 Å². The number of amidine groups is 1. The van der Waals surface area contributed by atoms with Gasteiger partial charge in [0.15, 0.2) is 5.17 Å². The van der Waals surface area contributed by atoms with Crippen molar-refractivity contribution >= 4 is 40.5 Å². The number of hydrogen-bond donors (Lipinski definition) is 1. The molecule has 0 fully saturated rings. The Kier molecular flexibility index (Phi) is 7.05. The Morgan fingerprint density at radius 1 is 1.13 bits per heavy atom. The van der Waals surface area contributed by atoms with Crippen LogP contribution in [0.2, 0.25) is 0 Å². The summed E-state index contributed by atoms with van der Waals surface area (Å²) in [6.07, 6.45) is 1.70. The summed E-state index contributed by atoms with van der Waals surface area (Å²) in [6, 6.07) is 15.1. The highest BCUT2D eigenvalue weighted by Crippen LogP contribution is 2.29. The molecule has 30 heavy (non-hydrogen) atoms. The molecule has 0 aliphatic carbocycles. The molecule has 1 N–H and O–H groups in total. The van der Waals surface area contributed by atoms with E-state index in [1.165, 1.54) is 40.9 Å². The fourth-order valence-electron chi connectivity index (χ4n) is 2.71. The number of anilines is 1. The van der Waals surface area contributed by atoms with Crippen LogP contribution in [0.25, 0.3) is 6.08 Å². The Morgan fingerprint density at radius 2 is 1.80 bits per heavy atom. The van der Waals surface area contributed by atoms with Crippen LogP contribution in [0.1, 0.15) is 26.3 Å². The van der Waals surface area contributed by atoms with Gasteiger partial charge in [-0.1, -0.05) is 55.9 Å². The van der Waals surface area contributed by atoms with Crippen molar-refractivity contribution in [2.75, 3.05) is 10.7 Å². The molecule has 0 aromatic heterocycles. The second kappa shape index (κ2) is 9.71. The van der Waals surface area contributed by atoms with E-state index in [0.29, 0.717) is 16.8 Å². The predicted octanol–water partition coefficient (Wildman–Crippen LogP) is 4.46. The number of carbonyl (C=O) groups excluding carboxylic acids is 2. The van der Waals surface area contributed by atoms with Gasteiger partial charge in [0.25, 0.3) is 5.91 Å². The first-order chi connectivity index (χ1) is 14.3. The number of carbonyl (C=O) groups is 2. The third kappa shape index (κ3) is 5.36. The molecule has 0 saturated carbocycles. The van der Waals surface area contributed by atoms with Crippen LogP contribution in [-0.4, -0.2) is 28.8 Å². The van der Waals surface area contributed by atoms with Crippen molar-refractivity contribution < 1.29 is 14.0 Å². The van der Waals surface area contributed by atoms with Crippen molar-refractivity contribution in [3.05, 3.63) is 71.7 Å². The van der Waals surface area contributed by atoms with Crippen LogP contribution in [0.3, 0.4) is 0 Å². The maximum atomic E-state index is 13.4. The molecule has 0 saturated heterocycles. The van der Waals surface area contributed by atoms with E-state index < -0.39 is 5.82 Å². The fraction of sp³-hybridized carbons (Fsp3) is 0.261. The Hall–Kier alpha value is -2.93. The van der Waals surface area contributed by atoms with Crippen molar-refractivity contribution in [2.45, 2.75) is 26.8 Å². The van der Waals surface area contributed by atoms with Crippen molar-refractivity contribution in [1.29, 1.82) is 0 Å². The van der Waals surface area contributed by atoms with Crippen LogP contribution >= 0.6 is 11.8 Å². The van der Waals surface area contributed by atoms with Gasteiger partial charge >= 0.3 is 0 Å². The average molecular weight is 426 g/mol. The minimum absolute atomic E-state index is 0.0481. The molecule has 0 bridgehead atoms. The van der Waals surface area contributed by atoms with Gasteiger partial charge in [-0.15, -0.1) is 0 Å². The van der Waals surface area contributed by atoms with E-state index in [9.17, 15) is 14.0 Å². The van der Waals surface area contributed by atoms with Gasteiger partial charge in [0.2, 0.25) is 5.91 Å². The summed E-state index contributed by atoms with van der Waals surface area (Å²) in [6.45, 7) is 6.03. The Labute approximate surface area is 180 Å². The first-order valence-corrected chi connectivity index (χ1v) is 10.7. The number of aliphatic imine (C=N–C) groups is 1. The molecule has 7 heteroatoms. The molecule has 2 aromatic rings. The largest absolute Gasteiger partial charge is 0.353 e. The van der Waals surface area contributed by atoms with E-state index >= 15 is 0 Å². The summed E-state index contributed by atoms with van der Waals surface area (Å²) in [7, 11) is 0. The lowest BCUT2D eigenvalue weighted by atomic mass is 10.1. The third-order valence-electron chi connectivity index (χ3n) is 4.74. The molecule has 2 aromatic carbocycles. The van der Waals surface area contributed by atoms with Crippen molar-refractivity contribution in [3.8, 4) is 0 Å². The van der Waals surface area contributed by atoms with Gasteiger partial charge in [-0.25, -0.2) is 9.38 Å². The van der Waals surface area contributed by atoms with Gasteiger partial charge in [0.1, 0.15) is 11.5 Å². The molecule has 3 rings (SSSR count). The first kappa shape index (κ1) is 21.8. The Morgan fingerprint density at radius 3 is 2.43 bits per heavy atom. The molecule has 1 unspecified atom stereocenters. The summed E-state index contributed by atoms with van der Waals surface area (Å²) in [4.78, 5) is 31.2. The van der Waals surface area contributed by atoms with Gasteiger partial charge in [-0.2, -0.15) is 0 Å². The molecule has 0 radical (unpaired) electrons. The summed E-state index contributed by atoms with van der Waals surface area (Å²) in [5, 5.41) is 3.34. The summed E-state index contributed by atoms with van der Waals surface area (Å²) >= 11 is 1.18. The van der Waals surface area contributed by atoms with Gasteiger partial charge in [0.05, 0.1) is 11.4 Å². The SMILES string of the molecule is CC(C)C(C)NC(=O)CSC1=N/C(=C\c2ccccc2)C(=O)N1c1ccc(F)cc1. The van der Waals surface area contributed by atoms with E-state index in [0.717, 1.165) is 5.56 Å². The van der Waals surface area contributed by atoms with Gasteiger partial charge in [-0.05, 0) is 48.7 Å². The highest BCUT2D eigenvalue weighted by atomic mass is 32.2. The number of nitrogens with zero attached hydrogens (tertiary/aromatic N) is 2.